The largest absolute Gasteiger partial charge is 0.419 e. The zero-order chi connectivity index (χ0) is 21.3. The van der Waals surface area contributed by atoms with Crippen LogP contribution in [0.3, 0.4) is 0 Å². The molecule has 1 amide bonds. The van der Waals surface area contributed by atoms with Crippen molar-refractivity contribution in [1.29, 1.82) is 5.26 Å². The van der Waals surface area contributed by atoms with Gasteiger partial charge in [-0.05, 0) is 42.5 Å². The van der Waals surface area contributed by atoms with E-state index < -0.39 is 0 Å². The van der Waals surface area contributed by atoms with Crippen molar-refractivity contribution in [3.63, 3.8) is 0 Å². The van der Waals surface area contributed by atoms with Crippen LogP contribution in [0.1, 0.15) is 16.1 Å². The van der Waals surface area contributed by atoms with Crippen LogP contribution in [-0.4, -0.2) is 42.0 Å². The topological polar surface area (TPSA) is 73.4 Å². The number of anilines is 1. The molecule has 2 aromatic carbocycles. The van der Waals surface area contributed by atoms with Gasteiger partial charge in [0.05, 0.1) is 10.6 Å². The highest BCUT2D eigenvalue weighted by atomic mass is 35.5. The van der Waals surface area contributed by atoms with E-state index in [9.17, 15) is 14.4 Å². The minimum atomic E-state index is -0.368. The number of aromatic nitrogens is 1. The maximum atomic E-state index is 13.2. The van der Waals surface area contributed by atoms with Gasteiger partial charge in [-0.15, -0.1) is 0 Å². The second kappa shape index (κ2) is 8.34. The summed E-state index contributed by atoms with van der Waals surface area (Å²) in [6.45, 7) is 1.78. The number of hydrogen-bond acceptors (Lipinski definition) is 5. The number of halogens is 3. The Kier molecular flexibility index (Phi) is 5.62. The first kappa shape index (κ1) is 20.2. The zero-order valence-corrected chi connectivity index (χ0v) is 17.1. The molecular formula is C21H15Cl2FN4O2. The van der Waals surface area contributed by atoms with Crippen LogP contribution in [0.15, 0.2) is 46.9 Å². The third-order valence-electron chi connectivity index (χ3n) is 4.82. The quantitative estimate of drug-likeness (QED) is 0.588. The van der Waals surface area contributed by atoms with Crippen LogP contribution < -0.4 is 4.90 Å². The van der Waals surface area contributed by atoms with Crippen LogP contribution in [-0.2, 0) is 0 Å². The van der Waals surface area contributed by atoms with Crippen molar-refractivity contribution in [3.8, 4) is 17.5 Å². The average molecular weight is 445 g/mol. The number of carbonyl (C=O) groups is 1. The predicted octanol–water partition coefficient (Wildman–Crippen LogP) is 4.62. The van der Waals surface area contributed by atoms with E-state index in [0.717, 1.165) is 0 Å². The molecule has 0 bridgehead atoms. The Morgan fingerprint density at radius 1 is 1.10 bits per heavy atom. The molecule has 9 heteroatoms. The minimum Gasteiger partial charge on any atom is -0.419 e. The number of piperazine rings is 1. The van der Waals surface area contributed by atoms with Gasteiger partial charge in [-0.25, -0.2) is 4.39 Å². The molecule has 0 unspecified atom stereocenters. The van der Waals surface area contributed by atoms with E-state index in [1.54, 1.807) is 29.2 Å². The Hall–Kier alpha value is -3.08. The highest BCUT2D eigenvalue weighted by Gasteiger charge is 2.28. The molecule has 0 spiro atoms. The lowest BCUT2D eigenvalue weighted by atomic mass is 10.1. The first-order valence-electron chi connectivity index (χ1n) is 9.12. The van der Waals surface area contributed by atoms with Gasteiger partial charge in [0.15, 0.2) is 0 Å². The van der Waals surface area contributed by atoms with Crippen LogP contribution in [0, 0.1) is 17.1 Å². The molecule has 3 aromatic rings. The highest BCUT2D eigenvalue weighted by molar-refractivity contribution is 6.36. The fourth-order valence-electron chi connectivity index (χ4n) is 3.26. The molecular weight excluding hydrogens is 430 g/mol. The molecule has 4 rings (SSSR count). The van der Waals surface area contributed by atoms with Gasteiger partial charge in [-0.1, -0.05) is 23.2 Å². The molecule has 30 heavy (non-hydrogen) atoms. The second-order valence-corrected chi connectivity index (χ2v) is 7.54. The highest BCUT2D eigenvalue weighted by Crippen LogP contribution is 2.29. The number of nitrogens with zero attached hydrogens (tertiary/aromatic N) is 4. The Morgan fingerprint density at radius 3 is 2.43 bits per heavy atom. The summed E-state index contributed by atoms with van der Waals surface area (Å²) in [5.41, 5.74) is 1.12. The maximum absolute atomic E-state index is 13.2. The Morgan fingerprint density at radius 2 is 1.80 bits per heavy atom. The first-order chi connectivity index (χ1) is 14.5. The molecule has 0 aliphatic carbocycles. The van der Waals surface area contributed by atoms with Gasteiger partial charge in [0.25, 0.3) is 5.91 Å². The van der Waals surface area contributed by atoms with Crippen LogP contribution in [0.2, 0.25) is 10.0 Å². The third-order valence-corrected chi connectivity index (χ3v) is 5.37. The average Bonchev–Trinajstić information content (AvgIpc) is 3.18. The van der Waals surface area contributed by atoms with Gasteiger partial charge < -0.3 is 14.2 Å². The van der Waals surface area contributed by atoms with E-state index in [1.165, 1.54) is 18.2 Å². The molecule has 6 nitrogen and oxygen atoms in total. The van der Waals surface area contributed by atoms with Crippen LogP contribution in [0.25, 0.3) is 11.5 Å². The van der Waals surface area contributed by atoms with Crippen molar-refractivity contribution in [2.75, 3.05) is 31.1 Å². The van der Waals surface area contributed by atoms with Gasteiger partial charge in [0, 0.05) is 36.8 Å². The number of carbonyl (C=O) groups excluding carboxylic acids is 1. The van der Waals surface area contributed by atoms with E-state index in [0.29, 0.717) is 53.2 Å². The molecule has 2 heterocycles. The summed E-state index contributed by atoms with van der Waals surface area (Å²) in [5, 5.41) is 10.2. The zero-order valence-electron chi connectivity index (χ0n) is 15.6. The molecule has 1 aliphatic heterocycles. The Bertz CT molecular complexity index is 1130. The lowest BCUT2D eigenvalue weighted by molar-refractivity contribution is 0.0745. The predicted molar refractivity (Wildman–Crippen MR) is 111 cm³/mol. The summed E-state index contributed by atoms with van der Waals surface area (Å²) in [5.74, 6) is 0.0375. The number of benzene rings is 2. The molecule has 0 saturated carbocycles. The van der Waals surface area contributed by atoms with Crippen molar-refractivity contribution >= 4 is 35.0 Å². The summed E-state index contributed by atoms with van der Waals surface area (Å²) >= 11 is 12.1. The first-order valence-corrected chi connectivity index (χ1v) is 9.88. The number of oxazole rings is 1. The van der Waals surface area contributed by atoms with Crippen molar-refractivity contribution in [1.82, 2.24) is 9.88 Å². The second-order valence-electron chi connectivity index (χ2n) is 6.69. The van der Waals surface area contributed by atoms with Crippen LogP contribution >= 0.6 is 23.2 Å². The fraction of sp³-hybridized carbons (Fsp3) is 0.190. The molecule has 0 N–H and O–H groups in total. The number of hydrogen-bond donors (Lipinski definition) is 0. The summed E-state index contributed by atoms with van der Waals surface area (Å²) < 4.78 is 19.0. The Labute approximate surface area is 182 Å². The van der Waals surface area contributed by atoms with Crippen LogP contribution in [0.4, 0.5) is 10.3 Å². The number of nitriles is 1. The molecule has 0 radical (unpaired) electrons. The molecule has 1 saturated heterocycles. The number of rotatable bonds is 3. The summed E-state index contributed by atoms with van der Waals surface area (Å²) in [6.07, 6.45) is 0. The van der Waals surface area contributed by atoms with Gasteiger partial charge in [0.2, 0.25) is 17.5 Å². The smallest absolute Gasteiger partial charge is 0.255 e. The van der Waals surface area contributed by atoms with Gasteiger partial charge >= 0.3 is 0 Å². The number of amides is 1. The normalized spacial score (nSPS) is 13.9. The van der Waals surface area contributed by atoms with Crippen molar-refractivity contribution in [2.45, 2.75) is 0 Å². The minimum absolute atomic E-state index is 0.148. The van der Waals surface area contributed by atoms with Crippen molar-refractivity contribution in [3.05, 3.63) is 69.6 Å². The maximum Gasteiger partial charge on any atom is 0.255 e. The van der Waals surface area contributed by atoms with E-state index in [-0.39, 0.29) is 23.3 Å². The van der Waals surface area contributed by atoms with E-state index in [4.69, 9.17) is 27.6 Å². The molecule has 1 aliphatic rings. The van der Waals surface area contributed by atoms with Crippen molar-refractivity contribution < 1.29 is 13.6 Å². The molecule has 0 atom stereocenters. The van der Waals surface area contributed by atoms with Crippen molar-refractivity contribution in [2.24, 2.45) is 0 Å². The summed E-state index contributed by atoms with van der Waals surface area (Å²) in [4.78, 5) is 20.6. The Balaban J connectivity index is 1.49. The lowest BCUT2D eigenvalue weighted by Crippen LogP contribution is -2.49. The van der Waals surface area contributed by atoms with E-state index in [1.807, 2.05) is 11.0 Å². The van der Waals surface area contributed by atoms with Gasteiger partial charge in [-0.2, -0.15) is 10.2 Å². The fourth-order valence-corrected chi connectivity index (χ4v) is 3.75. The monoisotopic (exact) mass is 444 g/mol. The van der Waals surface area contributed by atoms with Crippen LogP contribution in [0.5, 0.6) is 0 Å². The van der Waals surface area contributed by atoms with E-state index >= 15 is 0 Å². The van der Waals surface area contributed by atoms with E-state index in [2.05, 4.69) is 4.98 Å². The SMILES string of the molecule is N#Cc1nc(-c2ccc(F)cc2)oc1N1CCN(C(=O)c2ccc(Cl)cc2Cl)CC1. The van der Waals surface area contributed by atoms with Gasteiger partial charge in [0.1, 0.15) is 11.9 Å². The standard InChI is InChI=1S/C21H15Cl2FN4O2/c22-14-3-6-16(17(23)11-14)20(29)27-7-9-28(10-8-27)21-18(12-25)26-19(30-21)13-1-4-15(24)5-2-13/h1-6,11H,7-10H2. The molecule has 1 aromatic heterocycles. The molecule has 1 fully saturated rings. The molecule has 152 valence electrons. The lowest BCUT2D eigenvalue weighted by Gasteiger charge is -2.34. The third kappa shape index (κ3) is 3.97. The summed E-state index contributed by atoms with van der Waals surface area (Å²) in [7, 11) is 0. The van der Waals surface area contributed by atoms with Gasteiger partial charge in [-0.3, -0.25) is 4.79 Å². The summed E-state index contributed by atoms with van der Waals surface area (Å²) in [6, 6.07) is 12.5.